The first kappa shape index (κ1) is 11.9. The first-order chi connectivity index (χ1) is 8.71. The second-order valence-electron chi connectivity index (χ2n) is 3.85. The molecule has 0 saturated heterocycles. The maximum absolute atomic E-state index is 8.91. The Labute approximate surface area is 106 Å². The first-order valence-electron chi connectivity index (χ1n) is 5.51. The second kappa shape index (κ2) is 5.19. The highest BCUT2D eigenvalue weighted by molar-refractivity contribution is 5.59. The summed E-state index contributed by atoms with van der Waals surface area (Å²) in [7, 11) is 1.62. The van der Waals surface area contributed by atoms with Crippen LogP contribution in [0.15, 0.2) is 36.4 Å². The van der Waals surface area contributed by atoms with Crippen LogP contribution in [0.1, 0.15) is 11.3 Å². The molecule has 18 heavy (non-hydrogen) atoms. The van der Waals surface area contributed by atoms with Gasteiger partial charge in [-0.2, -0.15) is 5.26 Å². The van der Waals surface area contributed by atoms with Crippen molar-refractivity contribution >= 4 is 11.5 Å². The molecule has 0 amide bonds. The van der Waals surface area contributed by atoms with Gasteiger partial charge >= 0.3 is 0 Å². The van der Waals surface area contributed by atoms with Crippen molar-refractivity contribution in [3.63, 3.8) is 0 Å². The van der Waals surface area contributed by atoms with Crippen molar-refractivity contribution in [2.24, 2.45) is 0 Å². The molecule has 2 rings (SSSR count). The van der Waals surface area contributed by atoms with E-state index in [2.05, 4.69) is 16.4 Å². The maximum Gasteiger partial charge on any atom is 0.131 e. The molecule has 1 heterocycles. The maximum atomic E-state index is 8.91. The minimum atomic E-state index is 0.591. The molecule has 1 aromatic carbocycles. The molecule has 0 aliphatic rings. The summed E-state index contributed by atoms with van der Waals surface area (Å²) < 4.78 is 5.15. The Morgan fingerprint density at radius 3 is 2.83 bits per heavy atom. The van der Waals surface area contributed by atoms with Crippen molar-refractivity contribution in [2.45, 2.75) is 6.92 Å². The molecule has 0 spiro atoms. The van der Waals surface area contributed by atoms with E-state index in [1.807, 2.05) is 31.2 Å². The van der Waals surface area contributed by atoms with Crippen LogP contribution in [0.2, 0.25) is 0 Å². The average Bonchev–Trinajstić information content (AvgIpc) is 2.38. The second-order valence-corrected chi connectivity index (χ2v) is 3.85. The summed E-state index contributed by atoms with van der Waals surface area (Å²) in [6.45, 7) is 1.86. The predicted octanol–water partition coefficient (Wildman–Crippen LogP) is 3.01. The molecule has 0 aliphatic carbocycles. The van der Waals surface area contributed by atoms with E-state index in [1.54, 1.807) is 19.2 Å². The molecule has 0 bridgehead atoms. The minimum Gasteiger partial charge on any atom is -0.497 e. The third-order valence-corrected chi connectivity index (χ3v) is 2.42. The summed E-state index contributed by atoms with van der Waals surface area (Å²) in [5.74, 6) is 1.42. The predicted molar refractivity (Wildman–Crippen MR) is 70.0 cm³/mol. The number of nitriles is 1. The van der Waals surface area contributed by atoms with Gasteiger partial charge in [-0.05, 0) is 31.2 Å². The van der Waals surface area contributed by atoms with Gasteiger partial charge in [0.15, 0.2) is 0 Å². The standard InChI is InChI=1S/C14H13N3O/c1-10-6-11(9-15)7-14(16-10)17-12-4-3-5-13(8-12)18-2/h3-8H,1-2H3,(H,16,17). The molecule has 0 aliphatic heterocycles. The summed E-state index contributed by atoms with van der Waals surface area (Å²) in [5.41, 5.74) is 2.27. The number of nitrogens with one attached hydrogen (secondary N) is 1. The van der Waals surface area contributed by atoms with Gasteiger partial charge < -0.3 is 10.1 Å². The number of hydrogen-bond acceptors (Lipinski definition) is 4. The zero-order valence-electron chi connectivity index (χ0n) is 10.3. The number of aromatic nitrogens is 1. The van der Waals surface area contributed by atoms with Crippen LogP contribution in [0, 0.1) is 18.3 Å². The van der Waals surface area contributed by atoms with Gasteiger partial charge in [0.2, 0.25) is 0 Å². The van der Waals surface area contributed by atoms with E-state index >= 15 is 0 Å². The molecule has 4 nitrogen and oxygen atoms in total. The Morgan fingerprint density at radius 2 is 2.11 bits per heavy atom. The molecular weight excluding hydrogens is 226 g/mol. The van der Waals surface area contributed by atoms with Crippen LogP contribution >= 0.6 is 0 Å². The van der Waals surface area contributed by atoms with Gasteiger partial charge in [-0.1, -0.05) is 6.07 Å². The molecule has 1 N–H and O–H groups in total. The summed E-state index contributed by atoms with van der Waals surface area (Å²) in [6, 6.07) is 13.1. The molecular formula is C14H13N3O. The smallest absolute Gasteiger partial charge is 0.131 e. The lowest BCUT2D eigenvalue weighted by Gasteiger charge is -2.08. The fourth-order valence-corrected chi connectivity index (χ4v) is 1.65. The topological polar surface area (TPSA) is 57.9 Å². The molecule has 2 aromatic rings. The Balaban J connectivity index is 2.28. The number of pyridine rings is 1. The zero-order valence-corrected chi connectivity index (χ0v) is 10.3. The van der Waals surface area contributed by atoms with Crippen LogP contribution in [-0.2, 0) is 0 Å². The number of nitrogens with zero attached hydrogens (tertiary/aromatic N) is 2. The molecule has 0 saturated carbocycles. The van der Waals surface area contributed by atoms with E-state index in [0.717, 1.165) is 17.1 Å². The molecule has 0 atom stereocenters. The lowest BCUT2D eigenvalue weighted by molar-refractivity contribution is 0.415. The van der Waals surface area contributed by atoms with Gasteiger partial charge in [0.1, 0.15) is 11.6 Å². The lowest BCUT2D eigenvalue weighted by Crippen LogP contribution is -1.96. The van der Waals surface area contributed by atoms with Gasteiger partial charge in [0.05, 0.1) is 18.7 Å². The molecule has 90 valence electrons. The molecule has 0 fully saturated rings. The zero-order chi connectivity index (χ0) is 13.0. The van der Waals surface area contributed by atoms with Crippen LogP contribution in [-0.4, -0.2) is 12.1 Å². The van der Waals surface area contributed by atoms with Crippen LogP contribution in [0.5, 0.6) is 5.75 Å². The van der Waals surface area contributed by atoms with E-state index in [4.69, 9.17) is 10.00 Å². The van der Waals surface area contributed by atoms with E-state index < -0.39 is 0 Å². The van der Waals surface area contributed by atoms with Gasteiger partial charge in [-0.25, -0.2) is 4.98 Å². The Kier molecular flexibility index (Phi) is 3.44. The summed E-state index contributed by atoms with van der Waals surface area (Å²) in [5, 5.41) is 12.1. The van der Waals surface area contributed by atoms with Crippen LogP contribution in [0.3, 0.4) is 0 Å². The van der Waals surface area contributed by atoms with Crippen molar-refractivity contribution in [1.82, 2.24) is 4.98 Å². The number of ether oxygens (including phenoxy) is 1. The number of benzene rings is 1. The minimum absolute atomic E-state index is 0.591. The fourth-order valence-electron chi connectivity index (χ4n) is 1.65. The number of anilines is 2. The van der Waals surface area contributed by atoms with Crippen molar-refractivity contribution in [2.75, 3.05) is 12.4 Å². The summed E-state index contributed by atoms with van der Waals surface area (Å²) in [4.78, 5) is 4.33. The molecule has 0 unspecified atom stereocenters. The van der Waals surface area contributed by atoms with Gasteiger partial charge in [-0.15, -0.1) is 0 Å². The Morgan fingerprint density at radius 1 is 1.28 bits per heavy atom. The third kappa shape index (κ3) is 2.77. The monoisotopic (exact) mass is 239 g/mol. The van der Waals surface area contributed by atoms with Gasteiger partial charge in [-0.3, -0.25) is 0 Å². The normalized spacial score (nSPS) is 9.61. The highest BCUT2D eigenvalue weighted by atomic mass is 16.5. The number of hydrogen-bond donors (Lipinski definition) is 1. The Hall–Kier alpha value is -2.54. The van der Waals surface area contributed by atoms with Crippen LogP contribution in [0.25, 0.3) is 0 Å². The molecule has 4 heteroatoms. The summed E-state index contributed by atoms with van der Waals surface area (Å²) >= 11 is 0. The van der Waals surface area contributed by atoms with Crippen LogP contribution in [0.4, 0.5) is 11.5 Å². The first-order valence-corrected chi connectivity index (χ1v) is 5.51. The Bertz CT molecular complexity index is 602. The third-order valence-electron chi connectivity index (χ3n) is 2.42. The largest absolute Gasteiger partial charge is 0.497 e. The lowest BCUT2D eigenvalue weighted by atomic mass is 10.2. The quantitative estimate of drug-likeness (QED) is 0.894. The van der Waals surface area contributed by atoms with E-state index in [9.17, 15) is 0 Å². The highest BCUT2D eigenvalue weighted by Crippen LogP contribution is 2.21. The number of rotatable bonds is 3. The molecule has 1 aromatic heterocycles. The number of methoxy groups -OCH3 is 1. The average molecular weight is 239 g/mol. The number of aryl methyl sites for hydroxylation is 1. The van der Waals surface area contributed by atoms with Crippen molar-refractivity contribution < 1.29 is 4.74 Å². The van der Waals surface area contributed by atoms with Gasteiger partial charge in [0, 0.05) is 17.4 Å². The van der Waals surface area contributed by atoms with Crippen molar-refractivity contribution in [1.29, 1.82) is 5.26 Å². The van der Waals surface area contributed by atoms with E-state index in [1.165, 1.54) is 0 Å². The van der Waals surface area contributed by atoms with Crippen molar-refractivity contribution in [3.05, 3.63) is 47.7 Å². The molecule has 0 radical (unpaired) electrons. The highest BCUT2D eigenvalue weighted by Gasteiger charge is 2.01. The van der Waals surface area contributed by atoms with Gasteiger partial charge in [0.25, 0.3) is 0 Å². The SMILES string of the molecule is COc1cccc(Nc2cc(C#N)cc(C)n2)c1. The fraction of sp³-hybridized carbons (Fsp3) is 0.143. The van der Waals surface area contributed by atoms with Crippen LogP contribution < -0.4 is 10.1 Å². The van der Waals surface area contributed by atoms with Crippen molar-refractivity contribution in [3.8, 4) is 11.8 Å². The van der Waals surface area contributed by atoms with E-state index in [0.29, 0.717) is 11.4 Å². The van der Waals surface area contributed by atoms with E-state index in [-0.39, 0.29) is 0 Å². The summed E-state index contributed by atoms with van der Waals surface area (Å²) in [6.07, 6.45) is 0.